The van der Waals surface area contributed by atoms with E-state index in [2.05, 4.69) is 12.2 Å². The number of nitrogens with zero attached hydrogens (tertiary/aromatic N) is 1. The number of hydrogen-bond acceptors (Lipinski definition) is 5. The van der Waals surface area contributed by atoms with E-state index in [1.165, 1.54) is 6.92 Å². The van der Waals surface area contributed by atoms with E-state index in [1.807, 2.05) is 14.1 Å². The molecule has 0 spiro atoms. The Morgan fingerprint density at radius 3 is 2.42 bits per heavy atom. The van der Waals surface area contributed by atoms with Gasteiger partial charge in [-0.3, -0.25) is 9.35 Å². The number of carbonyl (C=O) groups is 1. The number of unbranched alkanes of at least 4 members (excludes halogenated alkanes) is 1. The fourth-order valence-electron chi connectivity index (χ4n) is 3.04. The largest absolute Gasteiger partial charge is 0.348 e. The van der Waals surface area contributed by atoms with Crippen LogP contribution in [0.5, 0.6) is 0 Å². The quantitative estimate of drug-likeness (QED) is 0.442. The summed E-state index contributed by atoms with van der Waals surface area (Å²) in [5.74, 6) is -1.59. The molecule has 142 valence electrons. The highest BCUT2D eigenvalue weighted by atomic mass is 32.2. The standard InChI is InChI=1S/C14H28N2O6S2/c1-5-6-8-16(3,4)9-7-13(17)15-14(2)11-23(18,19)10-12(14)24(20,21)22/h12H,5-11H2,1-4H3,(H-,15,17,20,21,22)/p+1/t12-,14+/m0/s1. The molecule has 1 saturated heterocycles. The van der Waals surface area contributed by atoms with Crippen molar-refractivity contribution in [2.75, 3.05) is 38.7 Å². The van der Waals surface area contributed by atoms with Gasteiger partial charge in [0, 0.05) is 0 Å². The lowest BCUT2D eigenvalue weighted by atomic mass is 10.0. The molecule has 0 aliphatic carbocycles. The molecule has 1 heterocycles. The molecule has 10 heteroatoms. The third kappa shape index (κ3) is 5.98. The summed E-state index contributed by atoms with van der Waals surface area (Å²) < 4.78 is 56.5. The molecule has 2 atom stereocenters. The van der Waals surface area contributed by atoms with E-state index in [9.17, 15) is 26.2 Å². The molecule has 1 fully saturated rings. The Hall–Kier alpha value is -0.710. The first-order valence-corrected chi connectivity index (χ1v) is 11.3. The van der Waals surface area contributed by atoms with Gasteiger partial charge in [-0.2, -0.15) is 8.42 Å². The first kappa shape index (κ1) is 21.3. The van der Waals surface area contributed by atoms with Crippen LogP contribution in [0.1, 0.15) is 33.1 Å². The fourth-order valence-corrected chi connectivity index (χ4v) is 7.39. The highest BCUT2D eigenvalue weighted by Crippen LogP contribution is 2.29. The molecule has 1 amide bonds. The van der Waals surface area contributed by atoms with Crippen LogP contribution in [-0.2, 0) is 24.7 Å². The van der Waals surface area contributed by atoms with Crippen LogP contribution in [0.25, 0.3) is 0 Å². The van der Waals surface area contributed by atoms with Gasteiger partial charge in [-0.1, -0.05) is 13.3 Å². The second-order valence-corrected chi connectivity index (χ2v) is 11.2. The summed E-state index contributed by atoms with van der Waals surface area (Å²) in [7, 11) is -4.21. The van der Waals surface area contributed by atoms with Crippen molar-refractivity contribution in [3.63, 3.8) is 0 Å². The molecule has 1 aliphatic heterocycles. The van der Waals surface area contributed by atoms with Crippen molar-refractivity contribution in [1.29, 1.82) is 0 Å². The maximum atomic E-state index is 12.2. The van der Waals surface area contributed by atoms with Crippen LogP contribution in [-0.4, -0.2) is 81.3 Å². The van der Waals surface area contributed by atoms with E-state index in [0.717, 1.165) is 19.4 Å². The maximum absolute atomic E-state index is 12.2. The summed E-state index contributed by atoms with van der Waals surface area (Å²) in [5, 5.41) is 0.989. The molecular formula is C14H29N2O6S2+. The van der Waals surface area contributed by atoms with Crippen LogP contribution in [0.2, 0.25) is 0 Å². The number of quaternary nitrogens is 1. The highest BCUT2D eigenvalue weighted by Gasteiger charge is 2.54. The van der Waals surface area contributed by atoms with Gasteiger partial charge >= 0.3 is 0 Å². The Bertz CT molecular complexity index is 671. The smallest absolute Gasteiger partial charge is 0.271 e. The molecule has 0 radical (unpaired) electrons. The van der Waals surface area contributed by atoms with Gasteiger partial charge < -0.3 is 9.80 Å². The summed E-state index contributed by atoms with van der Waals surface area (Å²) >= 11 is 0. The predicted molar refractivity (Wildman–Crippen MR) is 91.9 cm³/mol. The average Bonchev–Trinajstić information content (AvgIpc) is 2.64. The van der Waals surface area contributed by atoms with Crippen LogP contribution < -0.4 is 5.32 Å². The van der Waals surface area contributed by atoms with Crippen molar-refractivity contribution in [2.45, 2.75) is 43.9 Å². The normalized spacial score (nSPS) is 27.1. The third-order valence-corrected chi connectivity index (χ3v) is 7.98. The first-order chi connectivity index (χ1) is 10.7. The lowest BCUT2D eigenvalue weighted by Crippen LogP contribution is -2.57. The summed E-state index contributed by atoms with van der Waals surface area (Å²) in [6.07, 6.45) is 2.25. The van der Waals surface area contributed by atoms with Gasteiger partial charge in [0.25, 0.3) is 10.1 Å². The molecule has 8 nitrogen and oxygen atoms in total. The Balaban J connectivity index is 2.77. The van der Waals surface area contributed by atoms with Crippen LogP contribution in [0.4, 0.5) is 0 Å². The van der Waals surface area contributed by atoms with Crippen LogP contribution >= 0.6 is 0 Å². The topological polar surface area (TPSA) is 118 Å². The van der Waals surface area contributed by atoms with E-state index >= 15 is 0 Å². The molecule has 1 aliphatic rings. The van der Waals surface area contributed by atoms with Crippen molar-refractivity contribution in [2.24, 2.45) is 0 Å². The number of hydrogen-bond donors (Lipinski definition) is 2. The highest BCUT2D eigenvalue weighted by molar-refractivity contribution is 7.94. The number of sulfone groups is 1. The van der Waals surface area contributed by atoms with E-state index in [0.29, 0.717) is 11.0 Å². The van der Waals surface area contributed by atoms with Gasteiger partial charge in [0.1, 0.15) is 5.25 Å². The number of nitrogens with one attached hydrogen (secondary N) is 1. The van der Waals surface area contributed by atoms with Crippen molar-refractivity contribution < 1.29 is 30.7 Å². The zero-order valence-electron chi connectivity index (χ0n) is 14.8. The van der Waals surface area contributed by atoms with Gasteiger partial charge in [-0.05, 0) is 13.3 Å². The molecule has 0 aromatic heterocycles. The predicted octanol–water partition coefficient (Wildman–Crippen LogP) is -0.187. The van der Waals surface area contributed by atoms with Gasteiger partial charge in [-0.15, -0.1) is 0 Å². The van der Waals surface area contributed by atoms with E-state index in [1.54, 1.807) is 0 Å². The lowest BCUT2D eigenvalue weighted by Gasteiger charge is -2.32. The number of amides is 1. The lowest BCUT2D eigenvalue weighted by molar-refractivity contribution is -0.889. The Kier molecular flexibility index (Phi) is 6.46. The summed E-state index contributed by atoms with van der Waals surface area (Å²) in [4.78, 5) is 12.2. The molecule has 0 aromatic carbocycles. The monoisotopic (exact) mass is 385 g/mol. The molecular weight excluding hydrogens is 356 g/mol. The summed E-state index contributed by atoms with van der Waals surface area (Å²) in [5.41, 5.74) is -1.51. The fraction of sp³-hybridized carbons (Fsp3) is 0.929. The van der Waals surface area contributed by atoms with Gasteiger partial charge in [-0.25, -0.2) is 8.42 Å². The van der Waals surface area contributed by atoms with Gasteiger partial charge in [0.15, 0.2) is 9.84 Å². The summed E-state index contributed by atoms with van der Waals surface area (Å²) in [6.45, 7) is 4.92. The minimum absolute atomic E-state index is 0.157. The minimum atomic E-state index is -4.58. The first-order valence-electron chi connectivity index (χ1n) is 8.00. The Morgan fingerprint density at radius 1 is 1.33 bits per heavy atom. The molecule has 0 aromatic rings. The molecule has 2 N–H and O–H groups in total. The van der Waals surface area contributed by atoms with Crippen LogP contribution in [0.3, 0.4) is 0 Å². The molecule has 1 rings (SSSR count). The van der Waals surface area contributed by atoms with E-state index in [4.69, 9.17) is 0 Å². The summed E-state index contributed by atoms with van der Waals surface area (Å²) in [6, 6.07) is 0. The maximum Gasteiger partial charge on any atom is 0.271 e. The van der Waals surface area contributed by atoms with E-state index < -0.39 is 48.2 Å². The van der Waals surface area contributed by atoms with Crippen molar-refractivity contribution in [3.05, 3.63) is 0 Å². The molecule has 24 heavy (non-hydrogen) atoms. The van der Waals surface area contributed by atoms with Crippen molar-refractivity contribution in [3.8, 4) is 0 Å². The molecule has 0 unspecified atom stereocenters. The minimum Gasteiger partial charge on any atom is -0.348 e. The number of rotatable bonds is 8. The SMILES string of the molecule is CCCC[N+](C)(C)CCC(=O)N[C@]1(C)CS(=O)(=O)C[C@@H]1S(=O)(=O)O. The van der Waals surface area contributed by atoms with Gasteiger partial charge in [0.05, 0.1) is 50.7 Å². The second kappa shape index (κ2) is 7.27. The van der Waals surface area contributed by atoms with Crippen molar-refractivity contribution in [1.82, 2.24) is 5.32 Å². The van der Waals surface area contributed by atoms with Gasteiger partial charge in [0.2, 0.25) is 5.91 Å². The Morgan fingerprint density at radius 2 is 1.92 bits per heavy atom. The van der Waals surface area contributed by atoms with E-state index in [-0.39, 0.29) is 6.42 Å². The van der Waals surface area contributed by atoms with Crippen LogP contribution in [0, 0.1) is 0 Å². The molecule has 0 saturated carbocycles. The Labute approximate surface area is 144 Å². The average molecular weight is 386 g/mol. The second-order valence-electron chi connectivity index (χ2n) is 7.51. The number of carbonyl (C=O) groups excluding carboxylic acids is 1. The zero-order valence-corrected chi connectivity index (χ0v) is 16.4. The molecule has 0 bridgehead atoms. The third-order valence-electron chi connectivity index (χ3n) is 4.48. The van der Waals surface area contributed by atoms with Crippen LogP contribution in [0.15, 0.2) is 0 Å². The van der Waals surface area contributed by atoms with Crippen molar-refractivity contribution >= 4 is 25.9 Å². The zero-order chi connectivity index (χ0) is 18.8.